The van der Waals surface area contributed by atoms with Crippen molar-refractivity contribution in [2.45, 2.75) is 26.1 Å². The molecule has 1 heterocycles. The van der Waals surface area contributed by atoms with Gasteiger partial charge in [0.05, 0.1) is 5.56 Å². The van der Waals surface area contributed by atoms with E-state index in [2.05, 4.69) is 5.32 Å². The van der Waals surface area contributed by atoms with Crippen LogP contribution in [0.2, 0.25) is 0 Å². The smallest absolute Gasteiger partial charge is 0.325 e. The van der Waals surface area contributed by atoms with Crippen molar-refractivity contribution in [2.24, 2.45) is 0 Å². The monoisotopic (exact) mass is 405 g/mol. The van der Waals surface area contributed by atoms with Crippen molar-refractivity contribution in [1.82, 2.24) is 4.90 Å². The lowest BCUT2D eigenvalue weighted by atomic mass is 10.2. The summed E-state index contributed by atoms with van der Waals surface area (Å²) in [4.78, 5) is 39.5. The molecular weight excluding hydrogens is 387 g/mol. The molecule has 2 aromatic rings. The van der Waals surface area contributed by atoms with E-state index in [1.54, 1.807) is 31.2 Å². The summed E-state index contributed by atoms with van der Waals surface area (Å²) < 4.78 is 38.4. The van der Waals surface area contributed by atoms with Crippen molar-refractivity contribution < 1.29 is 27.6 Å². The number of imide groups is 1. The Morgan fingerprint density at radius 3 is 2.38 bits per heavy atom. The molecule has 0 aromatic heterocycles. The Labute approximate surface area is 164 Å². The lowest BCUT2D eigenvalue weighted by Crippen LogP contribution is -2.39. The number of urea groups is 1. The molecule has 1 N–H and O–H groups in total. The number of anilines is 2. The molecule has 6 nitrogen and oxygen atoms in total. The molecule has 29 heavy (non-hydrogen) atoms. The van der Waals surface area contributed by atoms with Gasteiger partial charge >= 0.3 is 12.2 Å². The van der Waals surface area contributed by atoms with Crippen LogP contribution in [0.15, 0.2) is 48.5 Å². The number of rotatable bonds is 4. The second-order valence-corrected chi connectivity index (χ2v) is 6.72. The molecule has 0 bridgehead atoms. The van der Waals surface area contributed by atoms with Gasteiger partial charge in [-0.15, -0.1) is 0 Å². The molecule has 0 unspecified atom stereocenters. The van der Waals surface area contributed by atoms with Gasteiger partial charge in [-0.05, 0) is 44.2 Å². The van der Waals surface area contributed by atoms with Gasteiger partial charge in [-0.3, -0.25) is 19.4 Å². The van der Waals surface area contributed by atoms with E-state index >= 15 is 0 Å². The number of carbonyl (C=O) groups excluding carboxylic acids is 3. The van der Waals surface area contributed by atoms with Gasteiger partial charge in [0, 0.05) is 11.4 Å². The molecule has 0 aliphatic carbocycles. The van der Waals surface area contributed by atoms with Crippen molar-refractivity contribution >= 4 is 29.2 Å². The zero-order valence-electron chi connectivity index (χ0n) is 15.7. The molecule has 2 aromatic carbocycles. The van der Waals surface area contributed by atoms with Crippen molar-refractivity contribution in [2.75, 3.05) is 16.8 Å². The molecule has 152 valence electrons. The predicted molar refractivity (Wildman–Crippen MR) is 100 cm³/mol. The molecule has 1 aliphatic heterocycles. The van der Waals surface area contributed by atoms with Crippen LogP contribution in [0.5, 0.6) is 0 Å². The first-order valence-electron chi connectivity index (χ1n) is 8.76. The van der Waals surface area contributed by atoms with Crippen molar-refractivity contribution in [1.29, 1.82) is 0 Å². The number of carbonyl (C=O) groups is 3. The van der Waals surface area contributed by atoms with E-state index in [1.807, 2.05) is 6.92 Å². The summed E-state index contributed by atoms with van der Waals surface area (Å²) in [5.41, 5.74) is 0.508. The van der Waals surface area contributed by atoms with Gasteiger partial charge in [0.15, 0.2) is 0 Å². The van der Waals surface area contributed by atoms with Gasteiger partial charge in [0.25, 0.3) is 5.91 Å². The number of nitrogens with zero attached hydrogens (tertiary/aromatic N) is 2. The van der Waals surface area contributed by atoms with Crippen LogP contribution in [0, 0.1) is 6.92 Å². The Morgan fingerprint density at radius 2 is 1.76 bits per heavy atom. The normalized spacial score (nSPS) is 17.1. The molecule has 1 fully saturated rings. The average molecular weight is 405 g/mol. The summed E-state index contributed by atoms with van der Waals surface area (Å²) in [6.07, 6.45) is -4.55. The second kappa shape index (κ2) is 7.57. The molecule has 1 saturated heterocycles. The molecule has 1 atom stereocenters. The van der Waals surface area contributed by atoms with Crippen LogP contribution >= 0.6 is 0 Å². The quantitative estimate of drug-likeness (QED) is 0.787. The fourth-order valence-corrected chi connectivity index (χ4v) is 3.03. The van der Waals surface area contributed by atoms with Crippen LogP contribution in [-0.2, 0) is 15.8 Å². The molecule has 9 heteroatoms. The SMILES string of the molecule is Cc1ccc(N2C(=O)N(CC(=O)Nc3cccc(C(F)(F)F)c3)C(=O)[C@@H]2C)cc1. The highest BCUT2D eigenvalue weighted by Crippen LogP contribution is 2.31. The maximum Gasteiger partial charge on any atom is 0.416 e. The fraction of sp³-hybridized carbons (Fsp3) is 0.250. The zero-order valence-corrected chi connectivity index (χ0v) is 15.7. The Kier molecular flexibility index (Phi) is 5.32. The van der Waals surface area contributed by atoms with E-state index in [0.717, 1.165) is 28.7 Å². The molecule has 4 amide bonds. The first-order valence-corrected chi connectivity index (χ1v) is 8.76. The van der Waals surface area contributed by atoms with E-state index in [9.17, 15) is 27.6 Å². The fourth-order valence-electron chi connectivity index (χ4n) is 3.03. The second-order valence-electron chi connectivity index (χ2n) is 6.72. The minimum atomic E-state index is -4.55. The third kappa shape index (κ3) is 4.23. The van der Waals surface area contributed by atoms with Crippen molar-refractivity contribution in [3.63, 3.8) is 0 Å². The summed E-state index contributed by atoms with van der Waals surface area (Å²) in [5, 5.41) is 2.30. The average Bonchev–Trinajstić information content (AvgIpc) is 2.86. The highest BCUT2D eigenvalue weighted by atomic mass is 19.4. The number of amides is 4. The third-order valence-corrected chi connectivity index (χ3v) is 4.54. The van der Waals surface area contributed by atoms with E-state index in [0.29, 0.717) is 5.69 Å². The van der Waals surface area contributed by atoms with Crippen LogP contribution in [0.4, 0.5) is 29.3 Å². The van der Waals surface area contributed by atoms with Gasteiger partial charge in [-0.25, -0.2) is 4.79 Å². The highest BCUT2D eigenvalue weighted by molar-refractivity contribution is 6.16. The predicted octanol–water partition coefficient (Wildman–Crippen LogP) is 3.81. The van der Waals surface area contributed by atoms with Gasteiger partial charge < -0.3 is 5.32 Å². The largest absolute Gasteiger partial charge is 0.416 e. The Morgan fingerprint density at radius 1 is 1.10 bits per heavy atom. The van der Waals surface area contributed by atoms with E-state index < -0.39 is 42.2 Å². The Balaban J connectivity index is 1.73. The highest BCUT2D eigenvalue weighted by Gasteiger charge is 2.44. The number of halogens is 3. The summed E-state index contributed by atoms with van der Waals surface area (Å²) in [6.45, 7) is 2.83. The van der Waals surface area contributed by atoms with Crippen LogP contribution in [0.25, 0.3) is 0 Å². The summed E-state index contributed by atoms with van der Waals surface area (Å²) >= 11 is 0. The summed E-state index contributed by atoms with van der Waals surface area (Å²) in [5.74, 6) is -1.33. The number of nitrogens with one attached hydrogen (secondary N) is 1. The van der Waals surface area contributed by atoms with Crippen molar-refractivity contribution in [3.05, 3.63) is 59.7 Å². The summed E-state index contributed by atoms with van der Waals surface area (Å²) in [6, 6.07) is 9.64. The lowest BCUT2D eigenvalue weighted by molar-refractivity contribution is -0.137. The van der Waals surface area contributed by atoms with Gasteiger partial charge in [0.2, 0.25) is 5.91 Å². The van der Waals surface area contributed by atoms with Crippen LogP contribution in [0.1, 0.15) is 18.1 Å². The first kappa shape index (κ1) is 20.4. The molecular formula is C20H18F3N3O3. The maximum absolute atomic E-state index is 12.8. The standard InChI is InChI=1S/C20H18F3N3O3/c1-12-6-8-16(9-7-12)26-13(2)18(28)25(19(26)29)11-17(27)24-15-5-3-4-14(10-15)20(21,22)23/h3-10,13H,11H2,1-2H3,(H,24,27)/t13-/m0/s1. The number of aryl methyl sites for hydroxylation is 1. The lowest BCUT2D eigenvalue weighted by Gasteiger charge is -2.19. The molecule has 3 rings (SSSR count). The first-order chi connectivity index (χ1) is 13.6. The minimum Gasteiger partial charge on any atom is -0.325 e. The molecule has 0 spiro atoms. The van der Waals surface area contributed by atoms with Crippen LogP contribution < -0.4 is 10.2 Å². The Bertz CT molecular complexity index is 957. The van der Waals surface area contributed by atoms with Gasteiger partial charge in [-0.1, -0.05) is 23.8 Å². The van der Waals surface area contributed by atoms with Gasteiger partial charge in [-0.2, -0.15) is 13.2 Å². The van der Waals surface area contributed by atoms with Crippen LogP contribution in [0.3, 0.4) is 0 Å². The van der Waals surface area contributed by atoms with Gasteiger partial charge in [0.1, 0.15) is 12.6 Å². The number of hydrogen-bond acceptors (Lipinski definition) is 3. The molecule has 0 saturated carbocycles. The molecule has 1 aliphatic rings. The van der Waals surface area contributed by atoms with E-state index in [1.165, 1.54) is 11.0 Å². The van der Waals surface area contributed by atoms with E-state index in [-0.39, 0.29) is 5.69 Å². The summed E-state index contributed by atoms with van der Waals surface area (Å²) in [7, 11) is 0. The maximum atomic E-state index is 12.8. The number of hydrogen-bond donors (Lipinski definition) is 1. The Hall–Kier alpha value is -3.36. The number of alkyl halides is 3. The van der Waals surface area contributed by atoms with Crippen molar-refractivity contribution in [3.8, 4) is 0 Å². The topological polar surface area (TPSA) is 69.7 Å². The minimum absolute atomic E-state index is 0.0765. The molecule has 0 radical (unpaired) electrons. The zero-order chi connectivity index (χ0) is 21.3. The third-order valence-electron chi connectivity index (χ3n) is 4.54. The number of benzene rings is 2. The van der Waals surface area contributed by atoms with E-state index in [4.69, 9.17) is 0 Å². The van der Waals surface area contributed by atoms with Crippen LogP contribution in [-0.4, -0.2) is 35.3 Å².